The molecule has 1 spiro atoms. The van der Waals surface area contributed by atoms with Gasteiger partial charge in [0, 0.05) is 6.04 Å². The van der Waals surface area contributed by atoms with Gasteiger partial charge in [0.15, 0.2) is 0 Å². The van der Waals surface area contributed by atoms with Gasteiger partial charge in [-0.1, -0.05) is 33.6 Å². The zero-order valence-electron chi connectivity index (χ0n) is 8.56. The molecule has 1 nitrogen and oxygen atoms in total. The number of hydrogen-bond donors (Lipinski definition) is 1. The molecule has 2 saturated carbocycles. The van der Waals surface area contributed by atoms with Crippen LogP contribution in [0.2, 0.25) is 0 Å². The van der Waals surface area contributed by atoms with Crippen LogP contribution in [0.5, 0.6) is 0 Å². The Bertz CT molecular complexity index is 189. The molecule has 0 saturated heterocycles. The minimum atomic E-state index is 0.406. The Morgan fingerprint density at radius 3 is 2.08 bits per heavy atom. The fourth-order valence-electron chi connectivity index (χ4n) is 3.90. The summed E-state index contributed by atoms with van der Waals surface area (Å²) in [7, 11) is 0. The van der Waals surface area contributed by atoms with Crippen molar-refractivity contribution in [2.75, 3.05) is 0 Å². The third kappa shape index (κ3) is 0.693. The van der Waals surface area contributed by atoms with E-state index in [4.69, 9.17) is 5.73 Å². The zero-order valence-corrected chi connectivity index (χ0v) is 8.56. The summed E-state index contributed by atoms with van der Waals surface area (Å²) in [6.45, 7) is 7.08. The maximum Gasteiger partial charge on any atom is 0.0127 e. The standard InChI is InChI=1S/C11H21N/c1-8-9(12)10(2,3)11(8)6-4-5-7-11/h8-9H,4-7,12H2,1-3H3. The molecule has 0 aliphatic heterocycles. The zero-order chi connectivity index (χ0) is 8.98. The van der Waals surface area contributed by atoms with E-state index in [0.29, 0.717) is 16.9 Å². The van der Waals surface area contributed by atoms with Crippen LogP contribution >= 0.6 is 0 Å². The average molecular weight is 167 g/mol. The fourth-order valence-corrected chi connectivity index (χ4v) is 3.90. The summed E-state index contributed by atoms with van der Waals surface area (Å²) in [4.78, 5) is 0. The largest absolute Gasteiger partial charge is 0.327 e. The van der Waals surface area contributed by atoms with Gasteiger partial charge >= 0.3 is 0 Å². The first-order chi connectivity index (χ1) is 5.52. The molecule has 0 aromatic rings. The minimum absolute atomic E-state index is 0.406. The highest BCUT2D eigenvalue weighted by molar-refractivity contribution is 5.15. The van der Waals surface area contributed by atoms with Crippen LogP contribution in [-0.4, -0.2) is 6.04 Å². The first-order valence-electron chi connectivity index (χ1n) is 5.28. The first-order valence-corrected chi connectivity index (χ1v) is 5.28. The molecule has 70 valence electrons. The fraction of sp³-hybridized carbons (Fsp3) is 1.00. The van der Waals surface area contributed by atoms with Crippen molar-refractivity contribution in [2.24, 2.45) is 22.5 Å². The van der Waals surface area contributed by atoms with Crippen LogP contribution < -0.4 is 5.73 Å². The lowest BCUT2D eigenvalue weighted by Crippen LogP contribution is -2.67. The summed E-state index contributed by atoms with van der Waals surface area (Å²) in [5.41, 5.74) is 7.18. The molecule has 0 radical (unpaired) electrons. The van der Waals surface area contributed by atoms with Crippen molar-refractivity contribution in [3.8, 4) is 0 Å². The molecule has 2 fully saturated rings. The Labute approximate surface area is 75.7 Å². The van der Waals surface area contributed by atoms with Gasteiger partial charge in [0.2, 0.25) is 0 Å². The Morgan fingerprint density at radius 2 is 1.67 bits per heavy atom. The summed E-state index contributed by atoms with van der Waals surface area (Å²) >= 11 is 0. The Kier molecular flexibility index (Phi) is 1.61. The second-order valence-electron chi connectivity index (χ2n) is 5.40. The monoisotopic (exact) mass is 167 g/mol. The maximum absolute atomic E-state index is 6.15. The van der Waals surface area contributed by atoms with Gasteiger partial charge in [-0.05, 0) is 29.6 Å². The van der Waals surface area contributed by atoms with Crippen molar-refractivity contribution in [3.05, 3.63) is 0 Å². The van der Waals surface area contributed by atoms with E-state index in [9.17, 15) is 0 Å². The second-order valence-corrected chi connectivity index (χ2v) is 5.40. The Balaban J connectivity index is 2.25. The number of hydrogen-bond acceptors (Lipinski definition) is 1. The van der Waals surface area contributed by atoms with E-state index in [2.05, 4.69) is 20.8 Å². The second kappa shape index (κ2) is 2.25. The minimum Gasteiger partial charge on any atom is -0.327 e. The van der Waals surface area contributed by atoms with Crippen molar-refractivity contribution < 1.29 is 0 Å². The van der Waals surface area contributed by atoms with E-state index in [1.165, 1.54) is 25.7 Å². The molecule has 2 atom stereocenters. The first kappa shape index (κ1) is 8.55. The van der Waals surface area contributed by atoms with Gasteiger partial charge in [-0.25, -0.2) is 0 Å². The Morgan fingerprint density at radius 1 is 1.17 bits per heavy atom. The topological polar surface area (TPSA) is 26.0 Å². The summed E-state index contributed by atoms with van der Waals surface area (Å²) < 4.78 is 0. The normalized spacial score (nSPS) is 43.0. The van der Waals surface area contributed by atoms with Crippen LogP contribution in [-0.2, 0) is 0 Å². The third-order valence-corrected chi connectivity index (χ3v) is 5.02. The predicted molar refractivity (Wildman–Crippen MR) is 51.8 cm³/mol. The van der Waals surface area contributed by atoms with E-state index in [-0.39, 0.29) is 0 Å². The average Bonchev–Trinajstić information content (AvgIpc) is 2.52. The predicted octanol–water partition coefficient (Wildman–Crippen LogP) is 2.55. The molecular formula is C11H21N. The number of rotatable bonds is 0. The van der Waals surface area contributed by atoms with E-state index >= 15 is 0 Å². The van der Waals surface area contributed by atoms with Crippen LogP contribution in [0.4, 0.5) is 0 Å². The SMILES string of the molecule is CC1C(N)C(C)(C)C12CCCC2. The summed E-state index contributed by atoms with van der Waals surface area (Å²) in [5.74, 6) is 0.759. The van der Waals surface area contributed by atoms with E-state index in [1.54, 1.807) is 0 Å². The molecule has 12 heavy (non-hydrogen) atoms. The lowest BCUT2D eigenvalue weighted by atomic mass is 9.42. The molecular weight excluding hydrogens is 146 g/mol. The van der Waals surface area contributed by atoms with Crippen LogP contribution in [0.3, 0.4) is 0 Å². The molecule has 2 aliphatic carbocycles. The van der Waals surface area contributed by atoms with E-state index < -0.39 is 0 Å². The van der Waals surface area contributed by atoms with Crippen molar-refractivity contribution >= 4 is 0 Å². The number of nitrogens with two attached hydrogens (primary N) is 1. The Hall–Kier alpha value is -0.0400. The summed E-state index contributed by atoms with van der Waals surface area (Å²) in [5, 5.41) is 0. The lowest BCUT2D eigenvalue weighted by Gasteiger charge is -2.64. The molecule has 0 aromatic carbocycles. The van der Waals surface area contributed by atoms with Crippen LogP contribution in [0.15, 0.2) is 0 Å². The van der Waals surface area contributed by atoms with Gasteiger partial charge in [0.1, 0.15) is 0 Å². The molecule has 2 unspecified atom stereocenters. The summed E-state index contributed by atoms with van der Waals surface area (Å²) in [6.07, 6.45) is 5.71. The smallest absolute Gasteiger partial charge is 0.0127 e. The highest BCUT2D eigenvalue weighted by atomic mass is 14.8. The van der Waals surface area contributed by atoms with Crippen molar-refractivity contribution in [1.29, 1.82) is 0 Å². The molecule has 2 N–H and O–H groups in total. The van der Waals surface area contributed by atoms with Gasteiger partial charge in [0.05, 0.1) is 0 Å². The maximum atomic E-state index is 6.15. The van der Waals surface area contributed by atoms with Gasteiger partial charge < -0.3 is 5.73 Å². The highest BCUT2D eigenvalue weighted by Crippen LogP contribution is 2.66. The summed E-state index contributed by atoms with van der Waals surface area (Å²) in [6, 6.07) is 0.440. The molecule has 0 aromatic heterocycles. The van der Waals surface area contributed by atoms with Crippen LogP contribution in [0.25, 0.3) is 0 Å². The third-order valence-electron chi connectivity index (χ3n) is 5.02. The molecule has 0 bridgehead atoms. The van der Waals surface area contributed by atoms with Crippen LogP contribution in [0.1, 0.15) is 46.5 Å². The van der Waals surface area contributed by atoms with Gasteiger partial charge in [-0.3, -0.25) is 0 Å². The quantitative estimate of drug-likeness (QED) is 0.589. The molecule has 0 heterocycles. The molecule has 1 heteroatoms. The van der Waals surface area contributed by atoms with Gasteiger partial charge in [-0.15, -0.1) is 0 Å². The van der Waals surface area contributed by atoms with Crippen molar-refractivity contribution in [1.82, 2.24) is 0 Å². The van der Waals surface area contributed by atoms with E-state index in [1.807, 2.05) is 0 Å². The lowest BCUT2D eigenvalue weighted by molar-refractivity contribution is -0.132. The van der Waals surface area contributed by atoms with Crippen molar-refractivity contribution in [2.45, 2.75) is 52.5 Å². The highest BCUT2D eigenvalue weighted by Gasteiger charge is 2.63. The van der Waals surface area contributed by atoms with Gasteiger partial charge in [0.25, 0.3) is 0 Å². The molecule has 2 aliphatic rings. The molecule has 0 amide bonds. The van der Waals surface area contributed by atoms with E-state index in [0.717, 1.165) is 5.92 Å². The van der Waals surface area contributed by atoms with Crippen LogP contribution in [0, 0.1) is 16.7 Å². The molecule has 2 rings (SSSR count). The van der Waals surface area contributed by atoms with Gasteiger partial charge in [-0.2, -0.15) is 0 Å². The van der Waals surface area contributed by atoms with Crippen molar-refractivity contribution in [3.63, 3.8) is 0 Å².